The third kappa shape index (κ3) is 4.03. The summed E-state index contributed by atoms with van der Waals surface area (Å²) in [4.78, 5) is 32.9. The number of hydrogen-bond donors (Lipinski definition) is 2. The zero-order valence-electron chi connectivity index (χ0n) is 16.2. The van der Waals surface area contributed by atoms with Gasteiger partial charge < -0.3 is 10.3 Å². The Bertz CT molecular complexity index is 1140. The van der Waals surface area contributed by atoms with Gasteiger partial charge in [0, 0.05) is 18.0 Å². The fraction of sp³-hybridized carbons (Fsp3) is 0.136. The third-order valence-electron chi connectivity index (χ3n) is 4.57. The van der Waals surface area contributed by atoms with E-state index in [0.29, 0.717) is 17.1 Å². The molecular weight excluding hydrogens is 364 g/mol. The van der Waals surface area contributed by atoms with Gasteiger partial charge in [0.05, 0.1) is 34.9 Å². The van der Waals surface area contributed by atoms with Gasteiger partial charge >= 0.3 is 0 Å². The van der Waals surface area contributed by atoms with E-state index in [0.717, 1.165) is 22.6 Å². The van der Waals surface area contributed by atoms with Crippen LogP contribution in [0.2, 0.25) is 0 Å². The summed E-state index contributed by atoms with van der Waals surface area (Å²) in [6, 6.07) is 13.9. The summed E-state index contributed by atoms with van der Waals surface area (Å²) in [7, 11) is 0. The second-order valence-corrected chi connectivity index (χ2v) is 6.69. The molecule has 1 amide bonds. The molecule has 3 heterocycles. The zero-order valence-corrected chi connectivity index (χ0v) is 16.2. The maximum absolute atomic E-state index is 12.5. The summed E-state index contributed by atoms with van der Waals surface area (Å²) < 4.78 is 0. The average Bonchev–Trinajstić information content (AvgIpc) is 3.18. The largest absolute Gasteiger partial charge is 0.345 e. The summed E-state index contributed by atoms with van der Waals surface area (Å²) in [5, 5.41) is 2.88. The van der Waals surface area contributed by atoms with E-state index in [2.05, 4.69) is 25.3 Å². The van der Waals surface area contributed by atoms with Crippen LogP contribution in [0.4, 0.5) is 0 Å². The van der Waals surface area contributed by atoms with Crippen LogP contribution in [-0.2, 0) is 6.54 Å². The summed E-state index contributed by atoms with van der Waals surface area (Å²) in [5.74, 6) is 0.403. The maximum atomic E-state index is 12.5. The number of aromatic amines is 1. The second-order valence-electron chi connectivity index (χ2n) is 6.69. The van der Waals surface area contributed by atoms with E-state index in [4.69, 9.17) is 4.98 Å². The topological polar surface area (TPSA) is 96.5 Å². The van der Waals surface area contributed by atoms with E-state index in [1.54, 1.807) is 13.1 Å². The van der Waals surface area contributed by atoms with E-state index < -0.39 is 0 Å². The van der Waals surface area contributed by atoms with Gasteiger partial charge in [0.2, 0.25) is 0 Å². The molecule has 29 heavy (non-hydrogen) atoms. The predicted molar refractivity (Wildman–Crippen MR) is 110 cm³/mol. The number of hydrogen-bond acceptors (Lipinski definition) is 5. The van der Waals surface area contributed by atoms with E-state index in [1.807, 2.05) is 49.4 Å². The van der Waals surface area contributed by atoms with Gasteiger partial charge in [0.25, 0.3) is 5.91 Å². The lowest BCUT2D eigenvalue weighted by Crippen LogP contribution is -2.24. The smallest absolute Gasteiger partial charge is 0.255 e. The van der Waals surface area contributed by atoms with Crippen molar-refractivity contribution in [1.29, 1.82) is 0 Å². The molecule has 0 aliphatic rings. The van der Waals surface area contributed by atoms with Crippen molar-refractivity contribution in [2.45, 2.75) is 20.4 Å². The molecule has 0 radical (unpaired) electrons. The van der Waals surface area contributed by atoms with Crippen molar-refractivity contribution in [3.63, 3.8) is 0 Å². The van der Waals surface area contributed by atoms with Crippen LogP contribution >= 0.6 is 0 Å². The first-order valence-corrected chi connectivity index (χ1v) is 9.24. The number of carbonyl (C=O) groups excluding carboxylic acids is 1. The van der Waals surface area contributed by atoms with Crippen molar-refractivity contribution in [3.05, 3.63) is 83.8 Å². The van der Waals surface area contributed by atoms with Gasteiger partial charge in [0.15, 0.2) is 0 Å². The summed E-state index contributed by atoms with van der Waals surface area (Å²) in [6.07, 6.45) is 4.68. The number of nitrogens with zero attached hydrogens (tertiary/aromatic N) is 4. The zero-order chi connectivity index (χ0) is 20.2. The second kappa shape index (κ2) is 8.02. The Hall–Kier alpha value is -3.87. The van der Waals surface area contributed by atoms with Crippen LogP contribution < -0.4 is 5.32 Å². The molecule has 0 unspecified atom stereocenters. The number of carbonyl (C=O) groups is 1. The first-order valence-electron chi connectivity index (χ1n) is 9.24. The van der Waals surface area contributed by atoms with Gasteiger partial charge in [0.1, 0.15) is 12.2 Å². The van der Waals surface area contributed by atoms with Crippen molar-refractivity contribution >= 4 is 5.91 Å². The maximum Gasteiger partial charge on any atom is 0.255 e. The first-order chi connectivity index (χ1) is 14.1. The minimum Gasteiger partial charge on any atom is -0.345 e. The van der Waals surface area contributed by atoms with Crippen molar-refractivity contribution in [2.75, 3.05) is 0 Å². The number of aromatic nitrogens is 5. The Kier molecular flexibility index (Phi) is 5.11. The fourth-order valence-corrected chi connectivity index (χ4v) is 3.00. The monoisotopic (exact) mass is 384 g/mol. The number of rotatable bonds is 5. The number of nitrogens with one attached hydrogen (secondary N) is 2. The summed E-state index contributed by atoms with van der Waals surface area (Å²) >= 11 is 0. The van der Waals surface area contributed by atoms with Gasteiger partial charge in [-0.25, -0.2) is 15.0 Å². The van der Waals surface area contributed by atoms with Crippen LogP contribution in [0.15, 0.2) is 61.2 Å². The van der Waals surface area contributed by atoms with Crippen molar-refractivity contribution in [1.82, 2.24) is 30.2 Å². The van der Waals surface area contributed by atoms with E-state index in [1.165, 1.54) is 18.1 Å². The number of imidazole rings is 1. The van der Waals surface area contributed by atoms with Crippen LogP contribution in [0.5, 0.6) is 0 Å². The Labute approximate surface area is 168 Å². The number of aryl methyl sites for hydroxylation is 2. The average molecular weight is 384 g/mol. The molecule has 0 aliphatic heterocycles. The molecular formula is C22H20N6O. The predicted octanol–water partition coefficient (Wildman–Crippen LogP) is 3.48. The molecule has 4 aromatic rings. The minimum atomic E-state index is -0.240. The summed E-state index contributed by atoms with van der Waals surface area (Å²) in [6.45, 7) is 4.07. The van der Waals surface area contributed by atoms with E-state index in [9.17, 15) is 4.79 Å². The molecule has 0 fully saturated rings. The third-order valence-corrected chi connectivity index (χ3v) is 4.57. The molecule has 4 rings (SSSR count). The Morgan fingerprint density at radius 2 is 1.90 bits per heavy atom. The molecule has 3 aromatic heterocycles. The lowest BCUT2D eigenvalue weighted by molar-refractivity contribution is 0.0948. The van der Waals surface area contributed by atoms with Gasteiger partial charge in [-0.1, -0.05) is 35.9 Å². The van der Waals surface area contributed by atoms with Crippen LogP contribution in [0.3, 0.4) is 0 Å². The van der Waals surface area contributed by atoms with Crippen LogP contribution in [0.1, 0.15) is 27.4 Å². The Morgan fingerprint density at radius 3 is 2.62 bits per heavy atom. The molecule has 0 bridgehead atoms. The highest BCUT2D eigenvalue weighted by atomic mass is 16.1. The van der Waals surface area contributed by atoms with Crippen molar-refractivity contribution in [3.8, 4) is 22.6 Å². The highest BCUT2D eigenvalue weighted by Crippen LogP contribution is 2.29. The molecule has 0 saturated heterocycles. The standard InChI is InChI=1S/C22H20N6O/c1-14-6-8-16(9-7-14)20-21(18-5-3-4-10-24-18)28-19(27-20)12-25-22(29)17-11-23-13-26-15(17)2/h3-11,13H,12H2,1-2H3,(H,25,29)(H,27,28). The van der Waals surface area contributed by atoms with Crippen molar-refractivity contribution < 1.29 is 4.79 Å². The van der Waals surface area contributed by atoms with Crippen molar-refractivity contribution in [2.24, 2.45) is 0 Å². The highest BCUT2D eigenvalue weighted by molar-refractivity contribution is 5.94. The molecule has 0 atom stereocenters. The molecule has 2 N–H and O–H groups in total. The van der Waals surface area contributed by atoms with E-state index >= 15 is 0 Å². The molecule has 144 valence electrons. The first kappa shape index (κ1) is 18.5. The highest BCUT2D eigenvalue weighted by Gasteiger charge is 2.16. The van der Waals surface area contributed by atoms with Gasteiger partial charge in [-0.2, -0.15) is 0 Å². The van der Waals surface area contributed by atoms with Gasteiger partial charge in [-0.3, -0.25) is 9.78 Å². The van der Waals surface area contributed by atoms with Crippen LogP contribution in [0.25, 0.3) is 22.6 Å². The Morgan fingerprint density at radius 1 is 1.07 bits per heavy atom. The summed E-state index contributed by atoms with van der Waals surface area (Å²) in [5.41, 5.74) is 5.65. The molecule has 1 aromatic carbocycles. The number of benzene rings is 1. The molecule has 7 heteroatoms. The van der Waals surface area contributed by atoms with Crippen LogP contribution in [-0.4, -0.2) is 30.8 Å². The molecule has 7 nitrogen and oxygen atoms in total. The van der Waals surface area contributed by atoms with Crippen LogP contribution in [0, 0.1) is 13.8 Å². The lowest BCUT2D eigenvalue weighted by atomic mass is 10.1. The quantitative estimate of drug-likeness (QED) is 0.549. The number of H-pyrrole nitrogens is 1. The normalized spacial score (nSPS) is 10.7. The molecule has 0 saturated carbocycles. The minimum absolute atomic E-state index is 0.240. The molecule has 0 spiro atoms. The fourth-order valence-electron chi connectivity index (χ4n) is 3.00. The Balaban J connectivity index is 1.64. The van der Waals surface area contributed by atoms with E-state index in [-0.39, 0.29) is 12.5 Å². The molecule has 0 aliphatic carbocycles. The van der Waals surface area contributed by atoms with Gasteiger partial charge in [-0.15, -0.1) is 0 Å². The van der Waals surface area contributed by atoms with Gasteiger partial charge in [-0.05, 0) is 26.0 Å². The number of amides is 1. The SMILES string of the molecule is Cc1ccc(-c2nc(CNC(=O)c3cncnc3C)[nH]c2-c2ccccn2)cc1. The lowest BCUT2D eigenvalue weighted by Gasteiger charge is -2.04. The number of pyridine rings is 1.